The molecule has 24 heteroatoms. The van der Waals surface area contributed by atoms with Crippen molar-refractivity contribution in [2.24, 2.45) is 0 Å². The first-order valence-corrected chi connectivity index (χ1v) is 19.6. The largest absolute Gasteiger partial charge is 0.504 e. The van der Waals surface area contributed by atoms with E-state index in [1.165, 1.54) is 72.9 Å². The monoisotopic (exact) mass is 1010 g/mol. The molecule has 0 unspecified atom stereocenters. The maximum atomic E-state index is 10.3. The highest BCUT2D eigenvalue weighted by atomic mass is 16.4. The van der Waals surface area contributed by atoms with Gasteiger partial charge in [-0.3, -0.25) is 9.59 Å². The van der Waals surface area contributed by atoms with Crippen molar-refractivity contribution in [3.63, 3.8) is 0 Å². The molecule has 0 aliphatic heterocycles. The standard InChI is InChI=1S/C11H10O5.C11H10O4.C9H10O5.C9H8O5.C8H8O5/c12-8-5-7(6-9(13)11(8)16)3-1-2-4-10(14)15;12-9-6-5-8(7-10(9)13)3-1-2-4-11(14)15;2*10-6-3-5(1-2-8(12)13)4-7(11)9(6)14;9-5-1-4(3-7(11)12)2-6(10)8(5)13/h1-6,12-13,16H,(H,14,15);1-7,12-13H,(H,14,15);3-4,10-11,14H,1-2H2,(H,12,13);1-4,10-11,14H,(H,12,13);1-2,9-10,13H,3H2,(H,11,12)/b2*3-1+,4-2+;;2-1+;. The minimum Gasteiger partial charge on any atom is -0.504 e. The summed E-state index contributed by atoms with van der Waals surface area (Å²) in [5, 5.41) is 168. The number of rotatable bonds is 13. The van der Waals surface area contributed by atoms with Crippen LogP contribution in [0.1, 0.15) is 34.2 Å². The van der Waals surface area contributed by atoms with E-state index in [1.807, 2.05) is 0 Å². The van der Waals surface area contributed by atoms with Crippen molar-refractivity contribution in [2.45, 2.75) is 19.3 Å². The molecule has 24 nitrogen and oxygen atoms in total. The predicted molar refractivity (Wildman–Crippen MR) is 251 cm³/mol. The Bertz CT molecular complexity index is 2780. The molecule has 0 aliphatic carbocycles. The van der Waals surface area contributed by atoms with Gasteiger partial charge in [-0.2, -0.15) is 0 Å². The molecule has 0 spiro atoms. The molecule has 5 rings (SSSR count). The molecule has 0 radical (unpaired) electrons. The summed E-state index contributed by atoms with van der Waals surface area (Å²) in [6, 6.07) is 13.7. The Kier molecular flexibility index (Phi) is 24.1. The van der Waals surface area contributed by atoms with E-state index in [2.05, 4.69) is 0 Å². The van der Waals surface area contributed by atoms with E-state index in [0.717, 1.165) is 42.5 Å². The summed E-state index contributed by atoms with van der Waals surface area (Å²) in [4.78, 5) is 50.9. The number of phenolic OH excluding ortho intramolecular Hbond substituents is 14. The number of carboxylic acid groups (broad SMARTS) is 5. The third-order valence-electron chi connectivity index (χ3n) is 8.12. The van der Waals surface area contributed by atoms with Crippen LogP contribution in [0, 0.1) is 0 Å². The second kappa shape index (κ2) is 29.2. The van der Waals surface area contributed by atoms with Gasteiger partial charge < -0.3 is 97.0 Å². The van der Waals surface area contributed by atoms with E-state index >= 15 is 0 Å². The first-order chi connectivity index (χ1) is 33.6. The zero-order valence-corrected chi connectivity index (χ0v) is 36.8. The number of allylic oxidation sites excluding steroid dienone is 4. The summed E-state index contributed by atoms with van der Waals surface area (Å²) in [7, 11) is 0. The van der Waals surface area contributed by atoms with Crippen LogP contribution in [0.4, 0.5) is 0 Å². The molecule has 0 atom stereocenters. The highest BCUT2D eigenvalue weighted by molar-refractivity contribution is 5.85. The molecule has 0 bridgehead atoms. The van der Waals surface area contributed by atoms with Crippen molar-refractivity contribution in [3.05, 3.63) is 137 Å². The van der Waals surface area contributed by atoms with Gasteiger partial charge in [0.25, 0.3) is 0 Å². The number of hydrogen-bond acceptors (Lipinski definition) is 19. The quantitative estimate of drug-likeness (QED) is 0.0401. The normalized spacial score (nSPS) is 10.6. The van der Waals surface area contributed by atoms with Crippen molar-refractivity contribution >= 4 is 48.1 Å². The van der Waals surface area contributed by atoms with Gasteiger partial charge in [-0.15, -0.1) is 0 Å². The fourth-order valence-corrected chi connectivity index (χ4v) is 4.86. The molecule has 0 amide bonds. The van der Waals surface area contributed by atoms with Crippen LogP contribution in [0.25, 0.3) is 18.2 Å². The second-order valence-corrected chi connectivity index (χ2v) is 13.8. The molecule has 0 saturated carbocycles. The Hall–Kier alpha value is -10.7. The van der Waals surface area contributed by atoms with Crippen molar-refractivity contribution in [2.75, 3.05) is 0 Å². The van der Waals surface area contributed by atoms with Crippen molar-refractivity contribution in [1.82, 2.24) is 0 Å². The Morgan fingerprint density at radius 2 is 0.667 bits per heavy atom. The Labute approximate surface area is 405 Å². The number of aromatic hydroxyl groups is 14. The maximum Gasteiger partial charge on any atom is 0.328 e. The maximum absolute atomic E-state index is 10.3. The van der Waals surface area contributed by atoms with Gasteiger partial charge in [-0.05, 0) is 101 Å². The van der Waals surface area contributed by atoms with Gasteiger partial charge in [-0.25, -0.2) is 14.4 Å². The number of aliphatic carboxylic acids is 5. The number of benzene rings is 5. The first-order valence-electron chi connectivity index (χ1n) is 19.6. The van der Waals surface area contributed by atoms with Gasteiger partial charge in [0.1, 0.15) is 0 Å². The number of aryl methyl sites for hydroxylation is 1. The Balaban J connectivity index is 0.000000451. The van der Waals surface area contributed by atoms with E-state index in [4.69, 9.17) is 97.0 Å². The molecule has 5 aromatic carbocycles. The molecule has 382 valence electrons. The van der Waals surface area contributed by atoms with Gasteiger partial charge in [0.15, 0.2) is 80.5 Å². The lowest BCUT2D eigenvalue weighted by molar-refractivity contribution is -0.137. The first kappa shape index (κ1) is 59.4. The zero-order valence-electron chi connectivity index (χ0n) is 36.8. The van der Waals surface area contributed by atoms with Crippen molar-refractivity contribution in [1.29, 1.82) is 0 Å². The predicted octanol–water partition coefficient (Wildman–Crippen LogP) is 5.36. The molecule has 72 heavy (non-hydrogen) atoms. The van der Waals surface area contributed by atoms with E-state index in [0.29, 0.717) is 16.7 Å². The summed E-state index contributed by atoms with van der Waals surface area (Å²) in [5.74, 6) is -12.0. The Morgan fingerprint density at radius 1 is 0.333 bits per heavy atom. The molecule has 0 heterocycles. The van der Waals surface area contributed by atoms with Crippen LogP contribution in [0.2, 0.25) is 0 Å². The van der Waals surface area contributed by atoms with Gasteiger partial charge in [0.05, 0.1) is 6.42 Å². The highest BCUT2D eigenvalue weighted by Gasteiger charge is 2.11. The van der Waals surface area contributed by atoms with Gasteiger partial charge in [0, 0.05) is 24.6 Å². The molecule has 0 aliphatic rings. The lowest BCUT2D eigenvalue weighted by atomic mass is 10.1. The Morgan fingerprint density at radius 3 is 1.01 bits per heavy atom. The average molecular weight is 1010 g/mol. The van der Waals surface area contributed by atoms with Crippen LogP contribution in [0.3, 0.4) is 0 Å². The SMILES string of the molecule is O=C(O)/C=C/C=C/c1cc(O)c(O)c(O)c1.O=C(O)/C=C/C=C/c1ccc(O)c(O)c1.O=C(O)/C=C/c1cc(O)c(O)c(O)c1.O=C(O)CCc1cc(O)c(O)c(O)c1.O=C(O)Cc1cc(O)c(O)c(O)c1. The van der Waals surface area contributed by atoms with E-state index in [9.17, 15) is 24.0 Å². The van der Waals surface area contributed by atoms with Gasteiger partial charge in [-0.1, -0.05) is 42.5 Å². The molecule has 0 aromatic heterocycles. The minimum atomic E-state index is -1.14. The van der Waals surface area contributed by atoms with Crippen LogP contribution in [0.15, 0.2) is 109 Å². The molecule has 0 saturated heterocycles. The lowest BCUT2D eigenvalue weighted by Crippen LogP contribution is -1.99. The lowest BCUT2D eigenvalue weighted by Gasteiger charge is -2.04. The van der Waals surface area contributed by atoms with E-state index < -0.39 is 98.8 Å². The average Bonchev–Trinajstić information content (AvgIpc) is 3.28. The highest BCUT2D eigenvalue weighted by Crippen LogP contribution is 2.38. The fourth-order valence-electron chi connectivity index (χ4n) is 4.86. The van der Waals surface area contributed by atoms with E-state index in [1.54, 1.807) is 12.1 Å². The topological polar surface area (TPSA) is 470 Å². The van der Waals surface area contributed by atoms with Crippen LogP contribution >= 0.6 is 0 Å². The summed E-state index contributed by atoms with van der Waals surface area (Å²) in [5.41, 5.74) is 2.06. The van der Waals surface area contributed by atoms with E-state index in [-0.39, 0.29) is 41.9 Å². The van der Waals surface area contributed by atoms with Gasteiger partial charge in [0.2, 0.25) is 0 Å². The third kappa shape index (κ3) is 22.7. The number of hydrogen-bond donors (Lipinski definition) is 19. The number of carboxylic acids is 5. The van der Waals surface area contributed by atoms with Crippen molar-refractivity contribution in [3.8, 4) is 80.5 Å². The van der Waals surface area contributed by atoms with Crippen LogP contribution in [-0.4, -0.2) is 127 Å². The van der Waals surface area contributed by atoms with Crippen LogP contribution < -0.4 is 0 Å². The fraction of sp³-hybridized carbons (Fsp3) is 0.0625. The van der Waals surface area contributed by atoms with Crippen LogP contribution in [-0.2, 0) is 36.8 Å². The molecule has 5 aromatic rings. The minimum absolute atomic E-state index is 0.0936. The van der Waals surface area contributed by atoms with Crippen molar-refractivity contribution < 1.29 is 121 Å². The number of carbonyl (C=O) groups is 5. The third-order valence-corrected chi connectivity index (χ3v) is 8.12. The zero-order chi connectivity index (χ0) is 54.8. The number of phenols is 14. The molecule has 0 fully saturated rings. The summed E-state index contributed by atoms with van der Waals surface area (Å²) in [6.07, 6.45) is 12.5. The molecule has 19 N–H and O–H groups in total. The smallest absolute Gasteiger partial charge is 0.328 e. The van der Waals surface area contributed by atoms with Crippen LogP contribution in [0.5, 0.6) is 80.5 Å². The summed E-state index contributed by atoms with van der Waals surface area (Å²) >= 11 is 0. The molecular formula is C48H46O24. The van der Waals surface area contributed by atoms with Gasteiger partial charge >= 0.3 is 29.8 Å². The summed E-state index contributed by atoms with van der Waals surface area (Å²) < 4.78 is 0. The summed E-state index contributed by atoms with van der Waals surface area (Å²) in [6.45, 7) is 0. The molecular weight excluding hydrogens is 961 g/mol. The second-order valence-electron chi connectivity index (χ2n) is 13.8.